The zero-order valence-corrected chi connectivity index (χ0v) is 20.7. The predicted octanol–water partition coefficient (Wildman–Crippen LogP) is 1.45. The molecule has 1 aliphatic carbocycles. The fraction of sp³-hybridized carbons (Fsp3) is 0.625. The molecule has 0 spiro atoms. The quantitative estimate of drug-likeness (QED) is 0.621. The third kappa shape index (κ3) is 6.07. The summed E-state index contributed by atoms with van der Waals surface area (Å²) in [7, 11) is -2.21. The van der Waals surface area contributed by atoms with Gasteiger partial charge in [0.05, 0.1) is 13.2 Å². The van der Waals surface area contributed by atoms with E-state index in [2.05, 4.69) is 11.8 Å². The molecule has 182 valence electrons. The molecule has 1 heterocycles. The van der Waals surface area contributed by atoms with Gasteiger partial charge in [-0.15, -0.1) is 0 Å². The van der Waals surface area contributed by atoms with E-state index < -0.39 is 27.8 Å². The summed E-state index contributed by atoms with van der Waals surface area (Å²) in [5, 5.41) is 19.6. The lowest BCUT2D eigenvalue weighted by Gasteiger charge is -2.37. The van der Waals surface area contributed by atoms with E-state index in [1.54, 1.807) is 44.9 Å². The number of aliphatic hydroxyl groups is 2. The highest BCUT2D eigenvalue weighted by molar-refractivity contribution is 7.89. The normalized spacial score (nSPS) is 23.7. The molecule has 0 radical (unpaired) electrons. The molecule has 33 heavy (non-hydrogen) atoms. The van der Waals surface area contributed by atoms with Gasteiger partial charge >= 0.3 is 0 Å². The van der Waals surface area contributed by atoms with Crippen LogP contribution in [0.1, 0.15) is 46.1 Å². The first kappa shape index (κ1) is 25.5. The molecule has 1 amide bonds. The molecule has 1 aliphatic heterocycles. The van der Waals surface area contributed by atoms with Crippen LogP contribution >= 0.6 is 0 Å². The zero-order valence-electron chi connectivity index (χ0n) is 19.9. The number of benzene rings is 1. The molecular formula is C24H34N2O6S. The van der Waals surface area contributed by atoms with Crippen LogP contribution in [0.25, 0.3) is 0 Å². The van der Waals surface area contributed by atoms with E-state index in [1.165, 1.54) is 10.4 Å². The van der Waals surface area contributed by atoms with E-state index in [0.29, 0.717) is 12.1 Å². The lowest BCUT2D eigenvalue weighted by molar-refractivity contribution is -0.132. The summed E-state index contributed by atoms with van der Waals surface area (Å²) in [5.74, 6) is 5.63. The maximum atomic E-state index is 13.5. The van der Waals surface area contributed by atoms with Crippen LogP contribution in [0, 0.1) is 23.7 Å². The van der Waals surface area contributed by atoms with E-state index in [1.807, 2.05) is 6.92 Å². The smallest absolute Gasteiger partial charge is 0.247 e. The van der Waals surface area contributed by atoms with Gasteiger partial charge in [0.15, 0.2) is 0 Å². The molecule has 3 atom stereocenters. The van der Waals surface area contributed by atoms with Gasteiger partial charge in [-0.2, -0.15) is 4.31 Å². The van der Waals surface area contributed by atoms with Gasteiger partial charge in [-0.3, -0.25) is 4.79 Å². The van der Waals surface area contributed by atoms with Crippen LogP contribution < -0.4 is 4.74 Å². The number of sulfonamides is 1. The summed E-state index contributed by atoms with van der Waals surface area (Å²) in [4.78, 5) is 14.2. The van der Waals surface area contributed by atoms with E-state index in [-0.39, 0.29) is 41.5 Å². The van der Waals surface area contributed by atoms with Crippen molar-refractivity contribution in [3.05, 3.63) is 23.8 Å². The maximum Gasteiger partial charge on any atom is 0.247 e. The molecular weight excluding hydrogens is 444 g/mol. The Labute approximate surface area is 196 Å². The van der Waals surface area contributed by atoms with Crippen LogP contribution in [0.2, 0.25) is 0 Å². The zero-order chi connectivity index (χ0) is 24.6. The average molecular weight is 479 g/mol. The number of amides is 1. The van der Waals surface area contributed by atoms with Gasteiger partial charge in [0.2, 0.25) is 15.9 Å². The predicted molar refractivity (Wildman–Crippen MR) is 124 cm³/mol. The second-order valence-corrected chi connectivity index (χ2v) is 11.6. The van der Waals surface area contributed by atoms with Crippen LogP contribution in [-0.4, -0.2) is 78.2 Å². The molecule has 1 fully saturated rings. The fourth-order valence-electron chi connectivity index (χ4n) is 3.75. The van der Waals surface area contributed by atoms with Crippen molar-refractivity contribution >= 4 is 15.9 Å². The third-order valence-corrected chi connectivity index (χ3v) is 7.96. The van der Waals surface area contributed by atoms with Crippen LogP contribution in [0.15, 0.2) is 23.1 Å². The molecule has 9 heteroatoms. The molecule has 2 aliphatic rings. The summed E-state index contributed by atoms with van der Waals surface area (Å²) >= 11 is 0. The SMILES string of the molecule is C[C@@H]1CN([C@@H](C)CO)S(=O)(=O)c2ccc(C#CC(C)(C)O)cc2O[C@H]1CN(C)C(=O)C1CC1. The molecule has 1 aromatic rings. The number of nitrogens with zero attached hydrogens (tertiary/aromatic N) is 2. The topological polar surface area (TPSA) is 107 Å². The van der Waals surface area contributed by atoms with Gasteiger partial charge in [-0.05, 0) is 51.8 Å². The first-order chi connectivity index (χ1) is 15.3. The largest absolute Gasteiger partial charge is 0.487 e. The number of ether oxygens (including phenoxy) is 1. The Balaban J connectivity index is 2.04. The average Bonchev–Trinajstić information content (AvgIpc) is 3.58. The van der Waals surface area contributed by atoms with Crippen molar-refractivity contribution in [2.24, 2.45) is 11.8 Å². The van der Waals surface area contributed by atoms with Gasteiger partial charge in [0.1, 0.15) is 22.4 Å². The van der Waals surface area contributed by atoms with Gasteiger partial charge in [0.25, 0.3) is 0 Å². The van der Waals surface area contributed by atoms with Gasteiger partial charge in [0, 0.05) is 37.0 Å². The molecule has 1 aromatic carbocycles. The van der Waals surface area contributed by atoms with Gasteiger partial charge < -0.3 is 19.8 Å². The van der Waals surface area contributed by atoms with Crippen LogP contribution in [0.5, 0.6) is 5.75 Å². The number of fused-ring (bicyclic) bond motifs is 1. The van der Waals surface area contributed by atoms with Crippen LogP contribution in [0.4, 0.5) is 0 Å². The number of hydrogen-bond acceptors (Lipinski definition) is 6. The molecule has 3 rings (SSSR count). The van der Waals surface area contributed by atoms with Gasteiger partial charge in [-0.25, -0.2) is 8.42 Å². The second-order valence-electron chi connectivity index (χ2n) is 9.70. The molecule has 0 aromatic heterocycles. The Morgan fingerprint density at radius 3 is 2.61 bits per heavy atom. The third-order valence-electron chi connectivity index (χ3n) is 5.94. The first-order valence-corrected chi connectivity index (χ1v) is 12.7. The van der Waals surface area contributed by atoms with E-state index in [4.69, 9.17) is 4.74 Å². The summed E-state index contributed by atoms with van der Waals surface area (Å²) in [6, 6.07) is 3.96. The minimum absolute atomic E-state index is 0.00955. The Bertz CT molecular complexity index is 1050. The molecule has 2 N–H and O–H groups in total. The van der Waals surface area contributed by atoms with Crippen molar-refractivity contribution in [2.45, 2.75) is 63.2 Å². The molecule has 8 nitrogen and oxygen atoms in total. The van der Waals surface area contributed by atoms with Crippen molar-refractivity contribution < 1.29 is 28.2 Å². The van der Waals surface area contributed by atoms with Crippen molar-refractivity contribution in [1.82, 2.24) is 9.21 Å². The number of likely N-dealkylation sites (N-methyl/N-ethyl adjacent to an activating group) is 1. The van der Waals surface area contributed by atoms with E-state index in [9.17, 15) is 23.4 Å². The highest BCUT2D eigenvalue weighted by Gasteiger charge is 2.39. The fourth-order valence-corrected chi connectivity index (χ4v) is 5.57. The summed E-state index contributed by atoms with van der Waals surface area (Å²) in [6.45, 7) is 6.82. The van der Waals surface area contributed by atoms with Gasteiger partial charge in [-0.1, -0.05) is 18.8 Å². The molecule has 0 unspecified atom stereocenters. The lowest BCUT2D eigenvalue weighted by Crippen LogP contribution is -2.50. The molecule has 0 bridgehead atoms. The Kier molecular flexibility index (Phi) is 7.44. The maximum absolute atomic E-state index is 13.5. The van der Waals surface area contributed by atoms with Crippen molar-refractivity contribution in [3.63, 3.8) is 0 Å². The van der Waals surface area contributed by atoms with Crippen molar-refractivity contribution in [2.75, 3.05) is 26.7 Å². The minimum atomic E-state index is -3.95. The summed E-state index contributed by atoms with van der Waals surface area (Å²) < 4.78 is 34.5. The monoisotopic (exact) mass is 478 g/mol. The van der Waals surface area contributed by atoms with E-state index >= 15 is 0 Å². The second kappa shape index (κ2) is 9.63. The summed E-state index contributed by atoms with van der Waals surface area (Å²) in [6.07, 6.45) is 1.34. The Morgan fingerprint density at radius 1 is 1.36 bits per heavy atom. The number of hydrogen-bond donors (Lipinski definition) is 2. The molecule has 1 saturated carbocycles. The minimum Gasteiger partial charge on any atom is -0.487 e. The van der Waals surface area contributed by atoms with Crippen molar-refractivity contribution in [3.8, 4) is 17.6 Å². The highest BCUT2D eigenvalue weighted by atomic mass is 32.2. The number of carbonyl (C=O) groups is 1. The van der Waals surface area contributed by atoms with E-state index in [0.717, 1.165) is 12.8 Å². The number of carbonyl (C=O) groups excluding carboxylic acids is 1. The standard InChI is InChI=1S/C24H34N2O6S/c1-16-13-26(17(2)15-27)33(30,31)22-9-6-18(10-11-24(3,4)29)12-20(22)32-21(16)14-25(5)23(28)19-7-8-19/h6,9,12,16-17,19,21,27,29H,7-8,13-15H2,1-5H3/t16-,17+,21+/m1/s1. The lowest BCUT2D eigenvalue weighted by atomic mass is 10.0. The Morgan fingerprint density at radius 2 is 2.03 bits per heavy atom. The highest BCUT2D eigenvalue weighted by Crippen LogP contribution is 2.35. The Hall–Kier alpha value is -2.12. The summed E-state index contributed by atoms with van der Waals surface area (Å²) in [5.41, 5.74) is -0.699. The van der Waals surface area contributed by atoms with Crippen LogP contribution in [0.3, 0.4) is 0 Å². The molecule has 0 saturated heterocycles. The van der Waals surface area contributed by atoms with Crippen LogP contribution in [-0.2, 0) is 14.8 Å². The first-order valence-electron chi connectivity index (χ1n) is 11.3. The van der Waals surface area contributed by atoms with Crippen molar-refractivity contribution in [1.29, 1.82) is 0 Å². The number of rotatable bonds is 5. The number of aliphatic hydroxyl groups excluding tert-OH is 1.